The first kappa shape index (κ1) is 17.3. The van der Waals surface area contributed by atoms with E-state index < -0.39 is 0 Å². The van der Waals surface area contributed by atoms with Crippen LogP contribution in [0.15, 0.2) is 103 Å². The minimum absolute atomic E-state index is 0.724. The minimum Gasteiger partial charge on any atom is -0.299 e. The molecule has 0 radical (unpaired) electrons. The molecule has 2 heterocycles. The Bertz CT molecular complexity index is 1530. The normalized spacial score (nSPS) is 11.5. The highest BCUT2D eigenvalue weighted by Gasteiger charge is 2.21. The highest BCUT2D eigenvalue weighted by atomic mass is 35.5. The fourth-order valence-corrected chi connectivity index (χ4v) is 4.57. The maximum absolute atomic E-state index is 6.48. The molecule has 0 N–H and O–H groups in total. The number of halogens is 1. The molecule has 30 heavy (non-hydrogen) atoms. The van der Waals surface area contributed by atoms with Crippen molar-refractivity contribution in [1.29, 1.82) is 0 Å². The van der Waals surface area contributed by atoms with Gasteiger partial charge in [-0.25, -0.2) is 4.98 Å². The molecule has 0 spiro atoms. The van der Waals surface area contributed by atoms with Crippen molar-refractivity contribution in [3.8, 4) is 22.3 Å². The third kappa shape index (κ3) is 2.54. The molecule has 0 saturated carbocycles. The van der Waals surface area contributed by atoms with Gasteiger partial charge in [0.05, 0.1) is 11.0 Å². The molecule has 142 valence electrons. The molecule has 0 fully saturated rings. The Hall–Kier alpha value is -3.62. The maximum atomic E-state index is 6.48. The molecular formula is C27H17ClN2. The summed E-state index contributed by atoms with van der Waals surface area (Å²) in [6, 6.07) is 33.3. The van der Waals surface area contributed by atoms with E-state index in [1.807, 2.05) is 18.2 Å². The second-order valence-electron chi connectivity index (χ2n) is 7.41. The van der Waals surface area contributed by atoms with E-state index in [-0.39, 0.29) is 0 Å². The Labute approximate surface area is 179 Å². The van der Waals surface area contributed by atoms with Gasteiger partial charge < -0.3 is 0 Å². The van der Waals surface area contributed by atoms with Crippen LogP contribution in [0.1, 0.15) is 0 Å². The van der Waals surface area contributed by atoms with Crippen LogP contribution in [0, 0.1) is 0 Å². The van der Waals surface area contributed by atoms with Crippen molar-refractivity contribution in [2.75, 3.05) is 0 Å². The predicted molar refractivity (Wildman–Crippen MR) is 126 cm³/mol. The third-order valence-electron chi connectivity index (χ3n) is 5.65. The lowest BCUT2D eigenvalue weighted by molar-refractivity contribution is 1.23. The summed E-state index contributed by atoms with van der Waals surface area (Å²) < 4.78 is 2.19. The van der Waals surface area contributed by atoms with Gasteiger partial charge in [0, 0.05) is 22.2 Å². The highest BCUT2D eigenvalue weighted by molar-refractivity contribution is 6.32. The second-order valence-corrected chi connectivity index (χ2v) is 7.85. The van der Waals surface area contributed by atoms with Crippen molar-refractivity contribution < 1.29 is 0 Å². The number of benzene rings is 4. The van der Waals surface area contributed by atoms with Crippen LogP contribution in [0.5, 0.6) is 0 Å². The SMILES string of the molecule is Clc1ccc2c(c1)c(-c1ccccc1)c(-c1ccccc1)c1c2nc2ccccn21. The maximum Gasteiger partial charge on any atom is 0.137 e. The summed E-state index contributed by atoms with van der Waals surface area (Å²) in [6.07, 6.45) is 2.09. The summed E-state index contributed by atoms with van der Waals surface area (Å²) >= 11 is 6.48. The van der Waals surface area contributed by atoms with Crippen molar-refractivity contribution in [2.24, 2.45) is 0 Å². The number of hydrogen-bond acceptors (Lipinski definition) is 1. The van der Waals surface area contributed by atoms with E-state index >= 15 is 0 Å². The number of pyridine rings is 1. The fraction of sp³-hybridized carbons (Fsp3) is 0. The summed E-state index contributed by atoms with van der Waals surface area (Å²) in [5.41, 5.74) is 7.72. The van der Waals surface area contributed by atoms with Gasteiger partial charge in [-0.3, -0.25) is 4.40 Å². The number of rotatable bonds is 2. The quantitative estimate of drug-likeness (QED) is 0.290. The summed E-state index contributed by atoms with van der Waals surface area (Å²) in [5, 5.41) is 2.95. The van der Waals surface area contributed by atoms with E-state index in [9.17, 15) is 0 Å². The first-order valence-corrected chi connectivity index (χ1v) is 10.3. The molecule has 0 amide bonds. The summed E-state index contributed by atoms with van der Waals surface area (Å²) in [4.78, 5) is 5.01. The van der Waals surface area contributed by atoms with E-state index in [1.54, 1.807) is 0 Å². The summed E-state index contributed by atoms with van der Waals surface area (Å²) in [6.45, 7) is 0. The van der Waals surface area contributed by atoms with Crippen LogP contribution in [0.4, 0.5) is 0 Å². The van der Waals surface area contributed by atoms with Gasteiger partial charge in [0.1, 0.15) is 5.65 Å². The Morgan fingerprint density at radius 3 is 2.03 bits per heavy atom. The Kier molecular flexibility index (Phi) is 3.87. The fourth-order valence-electron chi connectivity index (χ4n) is 4.40. The molecule has 6 rings (SSSR count). The lowest BCUT2D eigenvalue weighted by Gasteiger charge is -2.17. The molecule has 2 aromatic heterocycles. The molecule has 0 saturated heterocycles. The molecule has 2 nitrogen and oxygen atoms in total. The monoisotopic (exact) mass is 404 g/mol. The van der Waals surface area contributed by atoms with Gasteiger partial charge in [0.25, 0.3) is 0 Å². The standard InChI is InChI=1S/C27H17ClN2/c28-20-14-15-21-22(17-20)24(18-9-3-1-4-10-18)25(19-11-5-2-6-12-19)27-26(21)29-23-13-7-8-16-30(23)27/h1-17H. The predicted octanol–water partition coefficient (Wildman–Crippen LogP) is 7.63. The first-order chi connectivity index (χ1) is 14.8. The lowest BCUT2D eigenvalue weighted by Crippen LogP contribution is -1.93. The largest absolute Gasteiger partial charge is 0.299 e. The smallest absolute Gasteiger partial charge is 0.137 e. The molecule has 0 aliphatic heterocycles. The summed E-state index contributed by atoms with van der Waals surface area (Å²) in [7, 11) is 0. The van der Waals surface area contributed by atoms with Crippen LogP contribution >= 0.6 is 11.6 Å². The van der Waals surface area contributed by atoms with E-state index in [2.05, 4.69) is 89.5 Å². The van der Waals surface area contributed by atoms with Crippen molar-refractivity contribution in [3.05, 3.63) is 108 Å². The van der Waals surface area contributed by atoms with Crippen LogP contribution in [0.3, 0.4) is 0 Å². The lowest BCUT2D eigenvalue weighted by atomic mass is 9.88. The third-order valence-corrected chi connectivity index (χ3v) is 5.88. The number of fused-ring (bicyclic) bond motifs is 5. The molecular weight excluding hydrogens is 388 g/mol. The zero-order chi connectivity index (χ0) is 20.1. The number of hydrogen-bond donors (Lipinski definition) is 0. The molecule has 0 aliphatic carbocycles. The van der Waals surface area contributed by atoms with Gasteiger partial charge in [-0.05, 0) is 46.3 Å². The molecule has 0 aliphatic rings. The van der Waals surface area contributed by atoms with Crippen molar-refractivity contribution in [1.82, 2.24) is 9.38 Å². The van der Waals surface area contributed by atoms with E-state index in [1.165, 1.54) is 11.1 Å². The molecule has 0 bridgehead atoms. The van der Waals surface area contributed by atoms with Crippen molar-refractivity contribution >= 4 is 39.1 Å². The average Bonchev–Trinajstić information content (AvgIpc) is 3.18. The Morgan fingerprint density at radius 1 is 0.633 bits per heavy atom. The topological polar surface area (TPSA) is 17.3 Å². The Morgan fingerprint density at radius 2 is 1.30 bits per heavy atom. The minimum atomic E-state index is 0.724. The van der Waals surface area contributed by atoms with Crippen LogP contribution < -0.4 is 0 Å². The van der Waals surface area contributed by atoms with Crippen LogP contribution in [0.2, 0.25) is 5.02 Å². The van der Waals surface area contributed by atoms with E-state index in [0.29, 0.717) is 0 Å². The van der Waals surface area contributed by atoms with E-state index in [0.717, 1.165) is 43.6 Å². The molecule has 3 heteroatoms. The van der Waals surface area contributed by atoms with Crippen LogP contribution in [-0.4, -0.2) is 9.38 Å². The van der Waals surface area contributed by atoms with Gasteiger partial charge in [-0.15, -0.1) is 0 Å². The Balaban J connectivity index is 1.95. The number of aromatic nitrogens is 2. The van der Waals surface area contributed by atoms with Gasteiger partial charge in [-0.1, -0.05) is 84.4 Å². The zero-order valence-electron chi connectivity index (χ0n) is 16.1. The first-order valence-electron chi connectivity index (χ1n) is 9.94. The average molecular weight is 405 g/mol. The highest BCUT2D eigenvalue weighted by Crippen LogP contribution is 2.45. The zero-order valence-corrected chi connectivity index (χ0v) is 16.8. The second kappa shape index (κ2) is 6.72. The number of nitrogens with zero attached hydrogens (tertiary/aromatic N) is 2. The molecule has 4 aromatic carbocycles. The van der Waals surface area contributed by atoms with Crippen LogP contribution in [-0.2, 0) is 0 Å². The van der Waals surface area contributed by atoms with Gasteiger partial charge >= 0.3 is 0 Å². The van der Waals surface area contributed by atoms with Gasteiger partial charge in [-0.2, -0.15) is 0 Å². The van der Waals surface area contributed by atoms with Crippen molar-refractivity contribution in [3.63, 3.8) is 0 Å². The van der Waals surface area contributed by atoms with Crippen LogP contribution in [0.25, 0.3) is 49.7 Å². The molecule has 6 aromatic rings. The summed E-state index contributed by atoms with van der Waals surface area (Å²) in [5.74, 6) is 0. The molecule has 0 atom stereocenters. The molecule has 0 unspecified atom stereocenters. The van der Waals surface area contributed by atoms with Gasteiger partial charge in [0.15, 0.2) is 0 Å². The van der Waals surface area contributed by atoms with Gasteiger partial charge in [0.2, 0.25) is 0 Å². The van der Waals surface area contributed by atoms with E-state index in [4.69, 9.17) is 16.6 Å². The number of imidazole rings is 1. The van der Waals surface area contributed by atoms with Crippen molar-refractivity contribution in [2.45, 2.75) is 0 Å².